The number of nitrogens with one attached hydrogen (secondary N) is 4. The van der Waals surface area contributed by atoms with Gasteiger partial charge in [-0.05, 0) is 6.92 Å². The molecule has 0 spiro atoms. The molecule has 0 saturated heterocycles. The first kappa shape index (κ1) is 12.2. The number of imidazole rings is 1. The summed E-state index contributed by atoms with van der Waals surface area (Å²) in [5.74, 6) is 1.96. The number of hydrogen-bond acceptors (Lipinski definition) is 6. The Morgan fingerprint density at radius 1 is 1.25 bits per heavy atom. The maximum atomic E-state index is 4.39. The first-order valence-electron chi connectivity index (χ1n) is 6.13. The average Bonchev–Trinajstić information content (AvgIpc) is 3.08. The number of aryl methyl sites for hydroxylation is 1. The summed E-state index contributed by atoms with van der Waals surface area (Å²) in [7, 11) is 0. The van der Waals surface area contributed by atoms with E-state index < -0.39 is 0 Å². The quantitative estimate of drug-likeness (QED) is 0.561. The van der Waals surface area contributed by atoms with Crippen LogP contribution in [0.3, 0.4) is 0 Å². The highest BCUT2D eigenvalue weighted by molar-refractivity contribution is 5.53. The van der Waals surface area contributed by atoms with E-state index in [1.807, 2.05) is 19.1 Å². The van der Waals surface area contributed by atoms with E-state index in [0.29, 0.717) is 24.1 Å². The summed E-state index contributed by atoms with van der Waals surface area (Å²) in [6, 6.07) is 3.69. The van der Waals surface area contributed by atoms with Crippen LogP contribution in [-0.2, 0) is 6.54 Å². The molecule has 0 aliphatic carbocycles. The summed E-state index contributed by atoms with van der Waals surface area (Å²) in [5.41, 5.74) is 1.84. The lowest BCUT2D eigenvalue weighted by Gasteiger charge is -2.07. The Hall–Kier alpha value is -2.90. The Labute approximate surface area is 115 Å². The second-order valence-corrected chi connectivity index (χ2v) is 4.23. The molecule has 0 bridgehead atoms. The van der Waals surface area contributed by atoms with Crippen LogP contribution in [0, 0.1) is 6.92 Å². The van der Waals surface area contributed by atoms with Crippen LogP contribution in [-0.4, -0.2) is 30.1 Å². The molecule has 0 atom stereocenters. The van der Waals surface area contributed by atoms with Crippen LogP contribution in [0.2, 0.25) is 0 Å². The zero-order chi connectivity index (χ0) is 13.8. The topological polar surface area (TPSA) is 107 Å². The van der Waals surface area contributed by atoms with E-state index in [1.165, 1.54) is 0 Å². The molecule has 20 heavy (non-hydrogen) atoms. The normalized spacial score (nSPS) is 10.4. The Kier molecular flexibility index (Phi) is 3.27. The van der Waals surface area contributed by atoms with Crippen molar-refractivity contribution in [2.24, 2.45) is 0 Å². The lowest BCUT2D eigenvalue weighted by molar-refractivity contribution is 1.00. The van der Waals surface area contributed by atoms with Crippen molar-refractivity contribution in [2.45, 2.75) is 13.5 Å². The molecule has 0 aliphatic rings. The van der Waals surface area contributed by atoms with Crippen molar-refractivity contribution in [1.29, 1.82) is 0 Å². The Morgan fingerprint density at radius 2 is 2.20 bits per heavy atom. The van der Waals surface area contributed by atoms with Gasteiger partial charge in [0.2, 0.25) is 5.95 Å². The lowest BCUT2D eigenvalue weighted by atomic mass is 10.4. The molecule has 0 saturated carbocycles. The van der Waals surface area contributed by atoms with E-state index in [4.69, 9.17) is 0 Å². The van der Waals surface area contributed by atoms with Gasteiger partial charge in [-0.25, -0.2) is 9.97 Å². The predicted octanol–water partition coefficient (Wildman–Crippen LogP) is 1.59. The van der Waals surface area contributed by atoms with Crippen molar-refractivity contribution in [3.8, 4) is 0 Å². The van der Waals surface area contributed by atoms with Gasteiger partial charge in [-0.1, -0.05) is 0 Å². The Balaban J connectivity index is 1.72. The van der Waals surface area contributed by atoms with Crippen LogP contribution in [0.25, 0.3) is 0 Å². The second kappa shape index (κ2) is 5.39. The maximum absolute atomic E-state index is 4.39. The summed E-state index contributed by atoms with van der Waals surface area (Å²) in [6.45, 7) is 2.50. The number of H-pyrrole nitrogens is 2. The number of rotatable bonds is 5. The van der Waals surface area contributed by atoms with Crippen molar-refractivity contribution < 1.29 is 0 Å². The molecule has 102 valence electrons. The van der Waals surface area contributed by atoms with E-state index in [2.05, 4.69) is 40.8 Å². The van der Waals surface area contributed by atoms with Crippen molar-refractivity contribution in [3.05, 3.63) is 42.2 Å². The molecule has 8 heteroatoms. The molecule has 0 aromatic carbocycles. The Bertz CT molecular complexity index is 659. The number of aromatic amines is 2. The molecule has 0 fully saturated rings. The van der Waals surface area contributed by atoms with Crippen LogP contribution in [0.5, 0.6) is 0 Å². The third-order valence-corrected chi connectivity index (χ3v) is 2.60. The molecular weight excluding hydrogens is 256 g/mol. The van der Waals surface area contributed by atoms with Crippen molar-refractivity contribution >= 4 is 17.6 Å². The van der Waals surface area contributed by atoms with Gasteiger partial charge in [0.15, 0.2) is 5.82 Å². The Morgan fingerprint density at radius 3 is 2.95 bits per heavy atom. The van der Waals surface area contributed by atoms with Gasteiger partial charge in [0.05, 0.1) is 18.6 Å². The van der Waals surface area contributed by atoms with Crippen LogP contribution in [0.4, 0.5) is 17.6 Å². The van der Waals surface area contributed by atoms with E-state index in [9.17, 15) is 0 Å². The largest absolute Gasteiger partial charge is 0.349 e. The van der Waals surface area contributed by atoms with Gasteiger partial charge in [0.1, 0.15) is 5.82 Å². The summed E-state index contributed by atoms with van der Waals surface area (Å²) >= 11 is 0. The second-order valence-electron chi connectivity index (χ2n) is 4.23. The highest BCUT2D eigenvalue weighted by atomic mass is 15.2. The molecule has 0 aliphatic heterocycles. The maximum Gasteiger partial charge on any atom is 0.225 e. The van der Waals surface area contributed by atoms with E-state index in [0.717, 1.165) is 11.4 Å². The number of anilines is 3. The zero-order valence-electron chi connectivity index (χ0n) is 10.9. The highest BCUT2D eigenvalue weighted by Gasteiger charge is 2.04. The van der Waals surface area contributed by atoms with Gasteiger partial charge >= 0.3 is 0 Å². The SMILES string of the molecule is Cc1cc(Nc2cc[nH]n2)nc(NCc2cnc[nH]2)n1. The van der Waals surface area contributed by atoms with E-state index >= 15 is 0 Å². The minimum Gasteiger partial charge on any atom is -0.349 e. The molecule has 8 nitrogen and oxygen atoms in total. The summed E-state index contributed by atoms with van der Waals surface area (Å²) in [4.78, 5) is 15.7. The molecular formula is C12H14N8. The molecule has 3 rings (SSSR count). The van der Waals surface area contributed by atoms with Crippen LogP contribution in [0.15, 0.2) is 30.9 Å². The summed E-state index contributed by atoms with van der Waals surface area (Å²) in [6.07, 6.45) is 5.14. The lowest BCUT2D eigenvalue weighted by Crippen LogP contribution is -2.06. The summed E-state index contributed by atoms with van der Waals surface area (Å²) < 4.78 is 0. The molecule has 0 amide bonds. The molecule has 4 N–H and O–H groups in total. The molecule has 3 aromatic rings. The molecule has 0 radical (unpaired) electrons. The fraction of sp³-hybridized carbons (Fsp3) is 0.167. The van der Waals surface area contributed by atoms with Gasteiger partial charge < -0.3 is 15.6 Å². The fourth-order valence-corrected chi connectivity index (χ4v) is 1.73. The molecule has 0 unspecified atom stereocenters. The molecule has 3 heterocycles. The van der Waals surface area contributed by atoms with Crippen LogP contribution >= 0.6 is 0 Å². The first-order chi connectivity index (χ1) is 9.79. The van der Waals surface area contributed by atoms with Crippen LogP contribution < -0.4 is 10.6 Å². The van der Waals surface area contributed by atoms with Crippen molar-refractivity contribution in [2.75, 3.05) is 10.6 Å². The van der Waals surface area contributed by atoms with Crippen LogP contribution in [0.1, 0.15) is 11.4 Å². The first-order valence-corrected chi connectivity index (χ1v) is 6.13. The number of hydrogen-bond donors (Lipinski definition) is 4. The van der Waals surface area contributed by atoms with Gasteiger partial charge in [0.25, 0.3) is 0 Å². The number of aromatic nitrogens is 6. The standard InChI is InChI=1S/C12H14N8/c1-8-4-11(18-10-2-3-16-20-10)19-12(17-8)14-6-9-5-13-7-15-9/h2-5,7H,6H2,1H3,(H,13,15)(H3,14,16,17,18,19,20). The van der Waals surface area contributed by atoms with E-state index in [-0.39, 0.29) is 0 Å². The van der Waals surface area contributed by atoms with Gasteiger partial charge in [-0.3, -0.25) is 5.10 Å². The predicted molar refractivity (Wildman–Crippen MR) is 74.6 cm³/mol. The number of nitrogens with zero attached hydrogens (tertiary/aromatic N) is 4. The smallest absolute Gasteiger partial charge is 0.225 e. The minimum absolute atomic E-state index is 0.553. The summed E-state index contributed by atoms with van der Waals surface area (Å²) in [5, 5.41) is 13.0. The van der Waals surface area contributed by atoms with Crippen molar-refractivity contribution in [3.63, 3.8) is 0 Å². The third-order valence-electron chi connectivity index (χ3n) is 2.60. The fourth-order valence-electron chi connectivity index (χ4n) is 1.73. The molecule has 3 aromatic heterocycles. The zero-order valence-corrected chi connectivity index (χ0v) is 10.9. The van der Waals surface area contributed by atoms with Gasteiger partial charge in [-0.15, -0.1) is 0 Å². The minimum atomic E-state index is 0.553. The van der Waals surface area contributed by atoms with Crippen molar-refractivity contribution in [1.82, 2.24) is 30.1 Å². The third kappa shape index (κ3) is 2.91. The highest BCUT2D eigenvalue weighted by Crippen LogP contribution is 2.14. The van der Waals surface area contributed by atoms with E-state index in [1.54, 1.807) is 18.7 Å². The average molecular weight is 270 g/mol. The van der Waals surface area contributed by atoms with Gasteiger partial charge in [0, 0.05) is 30.2 Å². The monoisotopic (exact) mass is 270 g/mol. The van der Waals surface area contributed by atoms with Gasteiger partial charge in [-0.2, -0.15) is 10.1 Å².